The highest BCUT2D eigenvalue weighted by molar-refractivity contribution is 7.98. The van der Waals surface area contributed by atoms with Gasteiger partial charge in [-0.3, -0.25) is 5.10 Å². The van der Waals surface area contributed by atoms with E-state index in [9.17, 15) is 0 Å². The van der Waals surface area contributed by atoms with Crippen LogP contribution in [-0.2, 0) is 5.75 Å². The monoisotopic (exact) mass is 247 g/mol. The molecule has 0 amide bonds. The van der Waals surface area contributed by atoms with E-state index in [0.717, 1.165) is 5.16 Å². The predicted molar refractivity (Wildman–Crippen MR) is 64.4 cm³/mol. The molecule has 0 saturated carbocycles. The number of hydrogen-bond donors (Lipinski definition) is 2. The number of rotatable bonds is 3. The van der Waals surface area contributed by atoms with Crippen LogP contribution in [0.15, 0.2) is 34.1 Å². The van der Waals surface area contributed by atoms with Crippen molar-refractivity contribution in [1.82, 2.24) is 20.2 Å². The van der Waals surface area contributed by atoms with E-state index in [4.69, 9.17) is 10.2 Å². The van der Waals surface area contributed by atoms with E-state index in [-0.39, 0.29) is 0 Å². The zero-order valence-electron chi connectivity index (χ0n) is 8.75. The summed E-state index contributed by atoms with van der Waals surface area (Å²) in [6.07, 6.45) is 1.46. The molecule has 0 aliphatic carbocycles. The number of nitrogens with two attached hydrogens (primary N) is 1. The van der Waals surface area contributed by atoms with E-state index in [0.29, 0.717) is 28.4 Å². The average Bonchev–Trinajstić information content (AvgIpc) is 2.95. The number of anilines is 1. The molecule has 3 aromatic rings. The average molecular weight is 247 g/mol. The van der Waals surface area contributed by atoms with Crippen LogP contribution in [0.5, 0.6) is 0 Å². The number of H-pyrrole nitrogens is 1. The van der Waals surface area contributed by atoms with E-state index in [2.05, 4.69) is 20.2 Å². The van der Waals surface area contributed by atoms with E-state index in [1.54, 1.807) is 6.07 Å². The maximum absolute atomic E-state index is 5.80. The topological polar surface area (TPSA) is 93.6 Å². The van der Waals surface area contributed by atoms with Gasteiger partial charge in [-0.25, -0.2) is 9.97 Å². The highest BCUT2D eigenvalue weighted by atomic mass is 32.2. The smallest absolute Gasteiger partial charge is 0.206 e. The minimum atomic E-state index is 0.587. The molecule has 6 nitrogen and oxygen atoms in total. The number of hydrogen-bond acceptors (Lipinski definition) is 6. The molecule has 0 aliphatic rings. The fraction of sp³-hybridized carbons (Fsp3) is 0.100. The van der Waals surface area contributed by atoms with E-state index in [1.807, 2.05) is 12.1 Å². The summed E-state index contributed by atoms with van der Waals surface area (Å²) < 4.78 is 5.57. The Bertz CT molecular complexity index is 633. The SMILES string of the molecule is Nc1cccc2oc(CSc3ncn[nH]3)nc12. The van der Waals surface area contributed by atoms with Crippen LogP contribution >= 0.6 is 11.8 Å². The Morgan fingerprint density at radius 3 is 3.12 bits per heavy atom. The Labute approximate surface area is 101 Å². The molecule has 0 fully saturated rings. The zero-order valence-corrected chi connectivity index (χ0v) is 9.57. The van der Waals surface area contributed by atoms with Crippen LogP contribution in [0.3, 0.4) is 0 Å². The number of nitrogen functional groups attached to an aromatic ring is 1. The molecule has 3 N–H and O–H groups in total. The van der Waals surface area contributed by atoms with Crippen molar-refractivity contribution >= 4 is 28.5 Å². The van der Waals surface area contributed by atoms with Crippen molar-refractivity contribution < 1.29 is 4.42 Å². The van der Waals surface area contributed by atoms with E-state index < -0.39 is 0 Å². The maximum atomic E-state index is 5.80. The predicted octanol–water partition coefficient (Wildman–Crippen LogP) is 1.82. The highest BCUT2D eigenvalue weighted by Crippen LogP contribution is 2.24. The normalized spacial score (nSPS) is 11.1. The maximum Gasteiger partial charge on any atom is 0.206 e. The Morgan fingerprint density at radius 2 is 2.35 bits per heavy atom. The van der Waals surface area contributed by atoms with Gasteiger partial charge >= 0.3 is 0 Å². The molecule has 0 saturated heterocycles. The first kappa shape index (κ1) is 10.2. The Balaban J connectivity index is 1.84. The lowest BCUT2D eigenvalue weighted by Crippen LogP contribution is -1.86. The molecule has 1 aromatic carbocycles. The highest BCUT2D eigenvalue weighted by Gasteiger charge is 2.08. The lowest BCUT2D eigenvalue weighted by molar-refractivity contribution is 0.556. The fourth-order valence-corrected chi connectivity index (χ4v) is 2.09. The third-order valence-electron chi connectivity index (χ3n) is 2.22. The van der Waals surface area contributed by atoms with Crippen LogP contribution in [0.1, 0.15) is 5.89 Å². The molecule has 2 heterocycles. The van der Waals surface area contributed by atoms with Crippen molar-refractivity contribution in [3.63, 3.8) is 0 Å². The first-order valence-electron chi connectivity index (χ1n) is 4.95. The van der Waals surface area contributed by atoms with Crippen molar-refractivity contribution in [3.05, 3.63) is 30.4 Å². The molecule has 2 aromatic heterocycles. The second-order valence-electron chi connectivity index (χ2n) is 3.38. The lowest BCUT2D eigenvalue weighted by Gasteiger charge is -1.90. The molecule has 17 heavy (non-hydrogen) atoms. The van der Waals surface area contributed by atoms with Crippen LogP contribution in [0.2, 0.25) is 0 Å². The number of thioether (sulfide) groups is 1. The standard InChI is InChI=1S/C10H9N5OS/c11-6-2-1-3-7-9(6)14-8(16-7)4-17-10-12-5-13-15-10/h1-3,5H,4,11H2,(H,12,13,15). The van der Waals surface area contributed by atoms with Gasteiger partial charge in [-0.2, -0.15) is 5.10 Å². The Kier molecular flexibility index (Phi) is 2.45. The van der Waals surface area contributed by atoms with Crippen LogP contribution in [0, 0.1) is 0 Å². The van der Waals surface area contributed by atoms with Gasteiger partial charge < -0.3 is 10.2 Å². The number of oxazole rings is 1. The molecule has 0 atom stereocenters. The molecule has 0 bridgehead atoms. The van der Waals surface area contributed by atoms with Gasteiger partial charge in [-0.1, -0.05) is 17.8 Å². The number of nitrogens with one attached hydrogen (secondary N) is 1. The van der Waals surface area contributed by atoms with Gasteiger partial charge in [0.25, 0.3) is 0 Å². The second-order valence-corrected chi connectivity index (χ2v) is 4.34. The summed E-state index contributed by atoms with van der Waals surface area (Å²) in [5, 5.41) is 7.26. The number of aromatic amines is 1. The third-order valence-corrected chi connectivity index (χ3v) is 3.08. The molecule has 0 spiro atoms. The first-order chi connectivity index (χ1) is 8.33. The quantitative estimate of drug-likeness (QED) is 0.541. The van der Waals surface area contributed by atoms with Gasteiger partial charge in [-0.15, -0.1) is 0 Å². The summed E-state index contributed by atoms with van der Waals surface area (Å²) in [5.41, 5.74) is 7.85. The molecule has 0 aliphatic heterocycles. The number of fused-ring (bicyclic) bond motifs is 1. The molecule has 0 radical (unpaired) electrons. The zero-order chi connectivity index (χ0) is 11.7. The molecular weight excluding hydrogens is 238 g/mol. The summed E-state index contributed by atoms with van der Waals surface area (Å²) in [5.74, 6) is 1.21. The number of nitrogens with zero attached hydrogens (tertiary/aromatic N) is 3. The van der Waals surface area contributed by atoms with Crippen LogP contribution in [-0.4, -0.2) is 20.2 Å². The summed E-state index contributed by atoms with van der Waals surface area (Å²) in [7, 11) is 0. The van der Waals surface area contributed by atoms with Gasteiger partial charge in [0.15, 0.2) is 10.7 Å². The van der Waals surface area contributed by atoms with Crippen LogP contribution in [0.4, 0.5) is 5.69 Å². The molecule has 0 unspecified atom stereocenters. The molecule has 3 rings (SSSR count). The molecule has 86 valence electrons. The number of aromatic nitrogens is 4. The first-order valence-corrected chi connectivity index (χ1v) is 5.93. The Morgan fingerprint density at radius 1 is 1.41 bits per heavy atom. The number of benzene rings is 1. The van der Waals surface area contributed by atoms with Gasteiger partial charge in [0.2, 0.25) is 5.89 Å². The van der Waals surface area contributed by atoms with Crippen molar-refractivity contribution in [2.24, 2.45) is 0 Å². The minimum absolute atomic E-state index is 0.587. The second kappa shape index (κ2) is 4.10. The Hall–Kier alpha value is -2.02. The lowest BCUT2D eigenvalue weighted by atomic mass is 10.3. The summed E-state index contributed by atoms with van der Waals surface area (Å²) >= 11 is 1.48. The van der Waals surface area contributed by atoms with Gasteiger partial charge in [0.05, 0.1) is 11.4 Å². The summed E-state index contributed by atoms with van der Waals surface area (Å²) in [4.78, 5) is 8.34. The van der Waals surface area contributed by atoms with Crippen molar-refractivity contribution in [1.29, 1.82) is 0 Å². The summed E-state index contributed by atoms with van der Waals surface area (Å²) in [6, 6.07) is 5.50. The van der Waals surface area contributed by atoms with Gasteiger partial charge in [0.1, 0.15) is 11.8 Å². The third kappa shape index (κ3) is 1.96. The fourth-order valence-electron chi connectivity index (χ4n) is 1.47. The van der Waals surface area contributed by atoms with Gasteiger partial charge in [0, 0.05) is 0 Å². The minimum Gasteiger partial charge on any atom is -0.440 e. The summed E-state index contributed by atoms with van der Waals surface area (Å²) in [6.45, 7) is 0. The molecule has 7 heteroatoms. The van der Waals surface area contributed by atoms with E-state index in [1.165, 1.54) is 18.1 Å². The van der Waals surface area contributed by atoms with Crippen molar-refractivity contribution in [2.75, 3.05) is 5.73 Å². The van der Waals surface area contributed by atoms with Crippen molar-refractivity contribution in [3.8, 4) is 0 Å². The van der Waals surface area contributed by atoms with Crippen LogP contribution in [0.25, 0.3) is 11.1 Å². The number of para-hydroxylation sites is 1. The largest absolute Gasteiger partial charge is 0.440 e. The van der Waals surface area contributed by atoms with Crippen LogP contribution < -0.4 is 5.73 Å². The van der Waals surface area contributed by atoms with Crippen molar-refractivity contribution in [2.45, 2.75) is 10.9 Å². The molecular formula is C10H9N5OS. The van der Waals surface area contributed by atoms with Gasteiger partial charge in [-0.05, 0) is 12.1 Å². The van der Waals surface area contributed by atoms with E-state index >= 15 is 0 Å².